The van der Waals surface area contributed by atoms with Crippen LogP contribution in [-0.2, 0) is 20.7 Å². The Hall–Kier alpha value is -4.72. The molecule has 1 aliphatic heterocycles. The first-order valence-corrected chi connectivity index (χ1v) is 17.8. The van der Waals surface area contributed by atoms with E-state index in [4.69, 9.17) is 0 Å². The zero-order valence-corrected chi connectivity index (χ0v) is 27.1. The lowest BCUT2D eigenvalue weighted by Crippen LogP contribution is -2.48. The molecule has 240 valence electrons. The van der Waals surface area contributed by atoms with Gasteiger partial charge < -0.3 is 10.3 Å². The van der Waals surface area contributed by atoms with Gasteiger partial charge in [-0.2, -0.15) is 4.31 Å². The maximum absolute atomic E-state index is 15.9. The molecule has 0 unspecified atom stereocenters. The highest BCUT2D eigenvalue weighted by molar-refractivity contribution is 7.88. The van der Waals surface area contributed by atoms with Crippen LogP contribution < -0.4 is 11.0 Å². The van der Waals surface area contributed by atoms with E-state index in [1.165, 1.54) is 21.7 Å². The van der Waals surface area contributed by atoms with Crippen LogP contribution in [0.4, 0.5) is 10.1 Å². The van der Waals surface area contributed by atoms with E-state index < -0.39 is 39.4 Å². The van der Waals surface area contributed by atoms with Gasteiger partial charge in [0.2, 0.25) is 15.9 Å². The van der Waals surface area contributed by atoms with Crippen LogP contribution in [-0.4, -0.2) is 50.7 Å². The Morgan fingerprint density at radius 2 is 1.83 bits per heavy atom. The Labute approximate surface area is 274 Å². The van der Waals surface area contributed by atoms with E-state index in [1.807, 2.05) is 29.6 Å². The Morgan fingerprint density at radius 1 is 1.02 bits per heavy atom. The lowest BCUT2D eigenvalue weighted by Gasteiger charge is -2.28. The summed E-state index contributed by atoms with van der Waals surface area (Å²) in [5.41, 5.74) is 2.85. The number of nitrogens with one attached hydrogen (secondary N) is 2. The molecule has 4 heterocycles. The van der Waals surface area contributed by atoms with Crippen LogP contribution in [0.5, 0.6) is 0 Å². The first-order chi connectivity index (χ1) is 22.7. The van der Waals surface area contributed by atoms with Crippen molar-refractivity contribution >= 4 is 54.1 Å². The molecule has 2 N–H and O–H groups in total. The van der Waals surface area contributed by atoms with Crippen molar-refractivity contribution in [3.05, 3.63) is 101 Å². The third-order valence-corrected chi connectivity index (χ3v) is 11.3. The van der Waals surface area contributed by atoms with E-state index in [1.54, 1.807) is 49.6 Å². The molecule has 1 fully saturated rings. The third kappa shape index (κ3) is 5.97. The number of halogens is 1. The summed E-state index contributed by atoms with van der Waals surface area (Å²) in [6.45, 7) is 1.89. The lowest BCUT2D eigenvalue weighted by atomic mass is 10.0. The molecule has 0 bridgehead atoms. The largest absolute Gasteiger partial charge is 0.327 e. The number of carbonyl (C=O) groups excluding carboxylic acids is 1. The molecule has 10 nitrogen and oxygen atoms in total. The molecule has 1 atom stereocenters. The fourth-order valence-corrected chi connectivity index (χ4v) is 8.85. The van der Waals surface area contributed by atoms with Crippen LogP contribution in [0, 0.1) is 12.7 Å². The number of sulfonamides is 1. The SMILES string of the molecule is Cc1ncc(-c2ccc3c(c2)[nH]c(=O)n3CS(=O)(=O)N2CCCCC[C@H]2C(=O)Nc2cccc(-c3csc4ccccc34)c2F)cn1. The second kappa shape index (κ2) is 12.5. The van der Waals surface area contributed by atoms with Crippen LogP contribution in [0.1, 0.15) is 31.5 Å². The van der Waals surface area contributed by atoms with Crippen LogP contribution in [0.2, 0.25) is 0 Å². The molecule has 1 aliphatic rings. The minimum Gasteiger partial charge on any atom is -0.322 e. The van der Waals surface area contributed by atoms with Crippen molar-refractivity contribution in [3.63, 3.8) is 0 Å². The number of rotatable bonds is 7. The summed E-state index contributed by atoms with van der Waals surface area (Å²) in [6.07, 6.45) is 5.56. The molecule has 1 amide bonds. The van der Waals surface area contributed by atoms with Gasteiger partial charge in [-0.15, -0.1) is 11.3 Å². The quantitative estimate of drug-likeness (QED) is 0.206. The molecule has 0 spiro atoms. The van der Waals surface area contributed by atoms with Gasteiger partial charge in [-0.25, -0.2) is 27.6 Å². The van der Waals surface area contributed by atoms with Crippen LogP contribution in [0.3, 0.4) is 0 Å². The fourth-order valence-electron chi connectivity index (χ4n) is 6.17. The molecule has 3 aromatic heterocycles. The minimum atomic E-state index is -4.17. The van der Waals surface area contributed by atoms with Crippen molar-refractivity contribution in [2.75, 3.05) is 11.9 Å². The fraction of sp³-hybridized carbons (Fsp3) is 0.235. The number of aromatic nitrogens is 4. The predicted octanol–water partition coefficient (Wildman–Crippen LogP) is 6.29. The number of hydrogen-bond acceptors (Lipinski definition) is 7. The number of aryl methyl sites for hydroxylation is 1. The summed E-state index contributed by atoms with van der Waals surface area (Å²) >= 11 is 1.51. The van der Waals surface area contributed by atoms with Crippen LogP contribution in [0.15, 0.2) is 83.2 Å². The molecular formula is C34H31FN6O4S2. The molecule has 0 aliphatic carbocycles. The molecular weight excluding hydrogens is 640 g/mol. The standard InChI is InChI=1S/C34H31FN6O4S2/c1-21-36-17-23(18-37-21)22-13-14-29-28(16-22)39-34(43)40(29)20-47(44,45)41-15-6-2-3-11-30(41)33(42)38-27-10-7-9-25(32(27)35)26-19-46-31-12-5-4-8-24(26)31/h4-5,7-10,12-14,16-19,30H,2-3,6,11,15,20H2,1H3,(H,38,42)(H,39,43)/t30-/m0/s1. The number of carbonyl (C=O) groups is 1. The Morgan fingerprint density at radius 3 is 2.66 bits per heavy atom. The molecule has 6 aromatic rings. The van der Waals surface area contributed by atoms with Crippen molar-refractivity contribution in [1.82, 2.24) is 23.8 Å². The number of thiophene rings is 1. The number of nitrogens with zero attached hydrogens (tertiary/aromatic N) is 4. The monoisotopic (exact) mass is 670 g/mol. The summed E-state index contributed by atoms with van der Waals surface area (Å²) in [5.74, 6) is -1.23. The molecule has 3 aromatic carbocycles. The maximum atomic E-state index is 15.9. The van der Waals surface area contributed by atoms with E-state index in [-0.39, 0.29) is 18.7 Å². The molecule has 13 heteroatoms. The summed E-state index contributed by atoms with van der Waals surface area (Å²) in [4.78, 5) is 38.0. The highest BCUT2D eigenvalue weighted by Gasteiger charge is 2.37. The van der Waals surface area contributed by atoms with E-state index in [2.05, 4.69) is 20.3 Å². The van der Waals surface area contributed by atoms with Crippen LogP contribution in [0.25, 0.3) is 43.4 Å². The third-order valence-electron chi connectivity index (χ3n) is 8.57. The smallest absolute Gasteiger partial charge is 0.322 e. The van der Waals surface area contributed by atoms with Crippen molar-refractivity contribution < 1.29 is 17.6 Å². The van der Waals surface area contributed by atoms with Gasteiger partial charge in [0.05, 0.1) is 16.7 Å². The van der Waals surface area contributed by atoms with Crippen molar-refractivity contribution in [2.45, 2.75) is 44.5 Å². The molecule has 0 radical (unpaired) electrons. The van der Waals surface area contributed by atoms with Gasteiger partial charge in [-0.1, -0.05) is 49.2 Å². The number of anilines is 1. The van der Waals surface area contributed by atoms with Gasteiger partial charge in [0, 0.05) is 45.7 Å². The van der Waals surface area contributed by atoms with E-state index in [0.717, 1.165) is 37.8 Å². The molecule has 0 saturated carbocycles. The van der Waals surface area contributed by atoms with Gasteiger partial charge >= 0.3 is 5.69 Å². The minimum absolute atomic E-state index is 0.0213. The highest BCUT2D eigenvalue weighted by Crippen LogP contribution is 2.37. The van der Waals surface area contributed by atoms with Crippen molar-refractivity contribution in [1.29, 1.82) is 0 Å². The number of H-pyrrole nitrogens is 1. The Balaban J connectivity index is 1.16. The predicted molar refractivity (Wildman–Crippen MR) is 182 cm³/mol. The number of imidazole rings is 1. The summed E-state index contributed by atoms with van der Waals surface area (Å²) in [7, 11) is -4.17. The number of amides is 1. The van der Waals surface area contributed by atoms with E-state index >= 15 is 4.39 Å². The van der Waals surface area contributed by atoms with Crippen molar-refractivity contribution in [3.8, 4) is 22.3 Å². The molecule has 1 saturated heterocycles. The van der Waals surface area contributed by atoms with Gasteiger partial charge in [0.1, 0.15) is 17.7 Å². The summed E-state index contributed by atoms with van der Waals surface area (Å²) < 4.78 is 47.2. The summed E-state index contributed by atoms with van der Waals surface area (Å²) in [6, 6.07) is 16.7. The Kier molecular flexibility index (Phi) is 8.20. The molecule has 47 heavy (non-hydrogen) atoms. The second-order valence-electron chi connectivity index (χ2n) is 11.6. The van der Waals surface area contributed by atoms with Gasteiger partial charge in [-0.3, -0.25) is 9.36 Å². The van der Waals surface area contributed by atoms with Crippen molar-refractivity contribution in [2.24, 2.45) is 0 Å². The number of benzene rings is 3. The van der Waals surface area contributed by atoms with Crippen LogP contribution >= 0.6 is 11.3 Å². The van der Waals surface area contributed by atoms with Gasteiger partial charge in [0.25, 0.3) is 0 Å². The van der Waals surface area contributed by atoms with Gasteiger partial charge in [0.15, 0.2) is 5.82 Å². The normalized spacial score (nSPS) is 16.0. The number of aromatic amines is 1. The zero-order chi connectivity index (χ0) is 32.7. The average Bonchev–Trinajstić information content (AvgIpc) is 3.50. The number of hydrogen-bond donors (Lipinski definition) is 2. The van der Waals surface area contributed by atoms with E-state index in [0.29, 0.717) is 35.3 Å². The number of fused-ring (bicyclic) bond motifs is 2. The molecule has 7 rings (SSSR count). The Bertz CT molecular complexity index is 2300. The van der Waals surface area contributed by atoms with E-state index in [9.17, 15) is 18.0 Å². The zero-order valence-electron chi connectivity index (χ0n) is 25.4. The average molecular weight is 671 g/mol. The highest BCUT2D eigenvalue weighted by atomic mass is 32.2. The topological polar surface area (TPSA) is 130 Å². The summed E-state index contributed by atoms with van der Waals surface area (Å²) in [5, 5.41) is 5.48. The maximum Gasteiger partial charge on any atom is 0.327 e. The lowest BCUT2D eigenvalue weighted by molar-refractivity contribution is -0.119. The van der Waals surface area contributed by atoms with Gasteiger partial charge in [-0.05, 0) is 55.0 Å². The first kappa shape index (κ1) is 30.9. The first-order valence-electron chi connectivity index (χ1n) is 15.3. The second-order valence-corrected chi connectivity index (χ2v) is 14.4.